The Hall–Kier alpha value is -2.13. The highest BCUT2D eigenvalue weighted by Crippen LogP contribution is 2.30. The molecule has 1 saturated heterocycles. The minimum Gasteiger partial charge on any atom is -0.374 e. The number of hydrogen-bond acceptors (Lipinski definition) is 7. The summed E-state index contributed by atoms with van der Waals surface area (Å²) in [6.45, 7) is 1.54. The van der Waals surface area contributed by atoms with Crippen molar-refractivity contribution in [2.24, 2.45) is 7.05 Å². The second-order valence-electron chi connectivity index (χ2n) is 6.37. The Morgan fingerprint density at radius 1 is 1.31 bits per heavy atom. The first-order valence-electron chi connectivity index (χ1n) is 8.52. The molecular formula is C17H20N6OS2. The van der Waals surface area contributed by atoms with Crippen LogP contribution < -0.4 is 5.73 Å². The molecule has 1 fully saturated rings. The van der Waals surface area contributed by atoms with E-state index in [1.54, 1.807) is 0 Å². The summed E-state index contributed by atoms with van der Waals surface area (Å²) in [6.07, 6.45) is 1.89. The van der Waals surface area contributed by atoms with Crippen LogP contribution in [0.15, 0.2) is 28.6 Å². The zero-order chi connectivity index (χ0) is 18.1. The first-order valence-corrected chi connectivity index (χ1v) is 10.3. The molecule has 136 valence electrons. The van der Waals surface area contributed by atoms with Crippen LogP contribution in [0.2, 0.25) is 0 Å². The minimum absolute atomic E-state index is 0.146. The number of aromatic nitrogens is 4. The van der Waals surface area contributed by atoms with Gasteiger partial charge in [-0.2, -0.15) is 0 Å². The summed E-state index contributed by atoms with van der Waals surface area (Å²) in [4.78, 5) is 19.2. The minimum atomic E-state index is 0.146. The van der Waals surface area contributed by atoms with Crippen molar-refractivity contribution in [2.45, 2.75) is 23.1 Å². The third-order valence-electron chi connectivity index (χ3n) is 4.78. The Bertz CT molecular complexity index is 928. The number of nitrogens with zero attached hydrogens (tertiary/aromatic N) is 5. The van der Waals surface area contributed by atoms with E-state index in [9.17, 15) is 4.79 Å². The van der Waals surface area contributed by atoms with E-state index in [4.69, 9.17) is 10.7 Å². The lowest BCUT2D eigenvalue weighted by Crippen LogP contribution is -2.39. The van der Waals surface area contributed by atoms with Crippen molar-refractivity contribution in [1.82, 2.24) is 24.6 Å². The molecule has 2 N–H and O–H groups in total. The predicted octanol–water partition coefficient (Wildman–Crippen LogP) is 2.51. The second-order valence-corrected chi connectivity index (χ2v) is 8.60. The van der Waals surface area contributed by atoms with Gasteiger partial charge in [-0.3, -0.25) is 4.79 Å². The number of piperidine rings is 1. The summed E-state index contributed by atoms with van der Waals surface area (Å²) in [5.74, 6) is 2.04. The number of nitrogen functional groups attached to an aromatic ring is 1. The molecule has 3 aromatic rings. The van der Waals surface area contributed by atoms with Crippen LogP contribution in [0, 0.1) is 0 Å². The molecule has 0 unspecified atom stereocenters. The molecule has 4 rings (SSSR count). The van der Waals surface area contributed by atoms with Crippen molar-refractivity contribution < 1.29 is 4.79 Å². The van der Waals surface area contributed by atoms with Crippen molar-refractivity contribution in [2.75, 3.05) is 24.6 Å². The van der Waals surface area contributed by atoms with Gasteiger partial charge < -0.3 is 15.2 Å². The maximum Gasteiger partial charge on any atom is 0.233 e. The van der Waals surface area contributed by atoms with Gasteiger partial charge in [0.2, 0.25) is 11.0 Å². The van der Waals surface area contributed by atoms with E-state index in [2.05, 4.69) is 33.9 Å². The molecule has 7 nitrogen and oxygen atoms in total. The van der Waals surface area contributed by atoms with Gasteiger partial charge in [0.15, 0.2) is 4.34 Å². The van der Waals surface area contributed by atoms with Gasteiger partial charge in [0.05, 0.1) is 16.8 Å². The maximum absolute atomic E-state index is 12.4. The van der Waals surface area contributed by atoms with Gasteiger partial charge in [-0.05, 0) is 25.0 Å². The average molecular weight is 389 g/mol. The predicted molar refractivity (Wildman–Crippen MR) is 104 cm³/mol. The summed E-state index contributed by atoms with van der Waals surface area (Å²) in [6, 6.07) is 8.21. The van der Waals surface area contributed by atoms with Crippen molar-refractivity contribution >= 4 is 45.2 Å². The van der Waals surface area contributed by atoms with Crippen LogP contribution >= 0.6 is 23.1 Å². The van der Waals surface area contributed by atoms with Crippen LogP contribution in [0.25, 0.3) is 11.0 Å². The number of carbonyl (C=O) groups is 1. The van der Waals surface area contributed by atoms with Crippen molar-refractivity contribution in [3.05, 3.63) is 30.1 Å². The molecule has 0 saturated carbocycles. The molecule has 2 aromatic heterocycles. The standard InChI is InChI=1S/C17H20N6OS2/c1-22-13-5-3-2-4-12(13)19-15(22)11-6-8-23(9-7-11)14(24)10-25-17-21-20-16(18)26-17/h2-5,11H,6-10H2,1H3,(H2,18,20). The number of thioether (sulfide) groups is 1. The largest absolute Gasteiger partial charge is 0.374 e. The van der Waals surface area contributed by atoms with Gasteiger partial charge in [-0.1, -0.05) is 35.2 Å². The number of nitrogens with two attached hydrogens (primary N) is 1. The summed E-state index contributed by atoms with van der Waals surface area (Å²) in [5, 5.41) is 8.14. The molecule has 0 radical (unpaired) electrons. The van der Waals surface area contributed by atoms with E-state index in [0.717, 1.165) is 47.1 Å². The topological polar surface area (TPSA) is 89.9 Å². The fraction of sp³-hybridized carbons (Fsp3) is 0.412. The monoisotopic (exact) mass is 388 g/mol. The Morgan fingerprint density at radius 3 is 2.77 bits per heavy atom. The number of anilines is 1. The van der Waals surface area contributed by atoms with E-state index in [-0.39, 0.29) is 5.91 Å². The summed E-state index contributed by atoms with van der Waals surface area (Å²) < 4.78 is 2.93. The fourth-order valence-electron chi connectivity index (χ4n) is 3.41. The fourth-order valence-corrected chi connectivity index (χ4v) is 4.95. The lowest BCUT2D eigenvalue weighted by molar-refractivity contribution is -0.129. The molecule has 1 amide bonds. The summed E-state index contributed by atoms with van der Waals surface area (Å²) >= 11 is 2.72. The van der Waals surface area contributed by atoms with E-state index >= 15 is 0 Å². The smallest absolute Gasteiger partial charge is 0.233 e. The van der Waals surface area contributed by atoms with Crippen molar-refractivity contribution in [3.8, 4) is 0 Å². The molecule has 9 heteroatoms. The van der Waals surface area contributed by atoms with Gasteiger partial charge in [0.1, 0.15) is 5.82 Å². The molecule has 1 aliphatic heterocycles. The number of para-hydroxylation sites is 2. The highest BCUT2D eigenvalue weighted by molar-refractivity contribution is 8.01. The summed E-state index contributed by atoms with van der Waals surface area (Å²) in [7, 11) is 2.08. The van der Waals surface area contributed by atoms with Crippen LogP contribution in [0.3, 0.4) is 0 Å². The summed E-state index contributed by atoms with van der Waals surface area (Å²) in [5.41, 5.74) is 7.77. The second kappa shape index (κ2) is 7.24. The number of rotatable bonds is 4. The molecule has 0 spiro atoms. The zero-order valence-electron chi connectivity index (χ0n) is 14.5. The lowest BCUT2D eigenvalue weighted by atomic mass is 9.96. The third kappa shape index (κ3) is 3.41. The zero-order valence-corrected chi connectivity index (χ0v) is 16.1. The Morgan fingerprint density at radius 2 is 2.08 bits per heavy atom. The average Bonchev–Trinajstić information content (AvgIpc) is 3.23. The van der Waals surface area contributed by atoms with Crippen molar-refractivity contribution in [3.63, 3.8) is 0 Å². The van der Waals surface area contributed by atoms with E-state index in [0.29, 0.717) is 16.8 Å². The van der Waals surface area contributed by atoms with Gasteiger partial charge in [0.25, 0.3) is 0 Å². The van der Waals surface area contributed by atoms with Gasteiger partial charge in [-0.15, -0.1) is 10.2 Å². The quantitative estimate of drug-likeness (QED) is 0.691. The van der Waals surface area contributed by atoms with Gasteiger partial charge in [0, 0.05) is 26.1 Å². The van der Waals surface area contributed by atoms with Crippen LogP contribution in [0.4, 0.5) is 5.13 Å². The Labute approximate surface area is 159 Å². The van der Waals surface area contributed by atoms with Gasteiger partial charge >= 0.3 is 0 Å². The highest BCUT2D eigenvalue weighted by atomic mass is 32.2. The number of hydrogen-bond donors (Lipinski definition) is 1. The molecule has 0 atom stereocenters. The number of benzene rings is 1. The maximum atomic E-state index is 12.4. The Balaban J connectivity index is 1.36. The molecule has 26 heavy (non-hydrogen) atoms. The molecule has 0 bridgehead atoms. The molecular weight excluding hydrogens is 368 g/mol. The number of carbonyl (C=O) groups excluding carboxylic acids is 1. The van der Waals surface area contributed by atoms with E-state index < -0.39 is 0 Å². The number of likely N-dealkylation sites (tertiary alicyclic amines) is 1. The van der Waals surface area contributed by atoms with Crippen LogP contribution in [0.5, 0.6) is 0 Å². The number of amides is 1. The SMILES string of the molecule is Cn1c(C2CCN(C(=O)CSc3nnc(N)s3)CC2)nc2ccccc21. The lowest BCUT2D eigenvalue weighted by Gasteiger charge is -2.31. The first kappa shape index (κ1) is 17.3. The normalized spacial score (nSPS) is 15.7. The van der Waals surface area contributed by atoms with E-state index in [1.807, 2.05) is 17.0 Å². The molecule has 1 aliphatic rings. The molecule has 0 aliphatic carbocycles. The van der Waals surface area contributed by atoms with Crippen molar-refractivity contribution in [1.29, 1.82) is 0 Å². The van der Waals surface area contributed by atoms with Gasteiger partial charge in [-0.25, -0.2) is 4.98 Å². The van der Waals surface area contributed by atoms with E-state index in [1.165, 1.54) is 23.1 Å². The first-order chi connectivity index (χ1) is 12.6. The van der Waals surface area contributed by atoms with Crippen LogP contribution in [-0.4, -0.2) is 49.4 Å². The number of fused-ring (bicyclic) bond motifs is 1. The van der Waals surface area contributed by atoms with Crippen LogP contribution in [0.1, 0.15) is 24.6 Å². The molecule has 3 heterocycles. The third-order valence-corrected chi connectivity index (χ3v) is 6.65. The highest BCUT2D eigenvalue weighted by Gasteiger charge is 2.27. The Kier molecular flexibility index (Phi) is 4.82. The number of imidazole rings is 1. The molecule has 1 aromatic carbocycles. The number of aryl methyl sites for hydroxylation is 1. The van der Waals surface area contributed by atoms with Crippen LogP contribution in [-0.2, 0) is 11.8 Å².